The number of aromatic nitrogens is 2. The molecule has 0 aliphatic carbocycles. The summed E-state index contributed by atoms with van der Waals surface area (Å²) in [6, 6.07) is 5.82. The van der Waals surface area contributed by atoms with Crippen molar-refractivity contribution < 1.29 is 14.3 Å². The van der Waals surface area contributed by atoms with Crippen molar-refractivity contribution >= 4 is 16.9 Å². The number of nitrogens with zero attached hydrogens (tertiary/aromatic N) is 2. The van der Waals surface area contributed by atoms with Crippen LogP contribution >= 0.6 is 0 Å². The minimum absolute atomic E-state index is 0.0625. The standard InChI is InChI=1S/C18H21N3O3/c1-11-6-5-7-14-12(2)16(24-15(11)14)17(22)19-10-18(3,23)13-8-20-21(4)9-13/h5-9,23H,10H2,1-4H3,(H,19,22). The fraction of sp³-hybridized carbons (Fsp3) is 0.333. The van der Waals surface area contributed by atoms with E-state index in [1.165, 1.54) is 0 Å². The second kappa shape index (κ2) is 5.79. The largest absolute Gasteiger partial charge is 0.450 e. The maximum Gasteiger partial charge on any atom is 0.287 e. The summed E-state index contributed by atoms with van der Waals surface area (Å²) in [6.07, 6.45) is 3.31. The van der Waals surface area contributed by atoms with E-state index in [9.17, 15) is 9.90 Å². The van der Waals surface area contributed by atoms with Gasteiger partial charge in [0.25, 0.3) is 5.91 Å². The molecule has 2 N–H and O–H groups in total. The van der Waals surface area contributed by atoms with Gasteiger partial charge in [-0.25, -0.2) is 0 Å². The van der Waals surface area contributed by atoms with Gasteiger partial charge in [-0.15, -0.1) is 0 Å². The van der Waals surface area contributed by atoms with E-state index < -0.39 is 5.60 Å². The molecule has 2 aromatic heterocycles. The van der Waals surface area contributed by atoms with Gasteiger partial charge < -0.3 is 14.8 Å². The molecule has 3 aromatic rings. The molecule has 1 amide bonds. The lowest BCUT2D eigenvalue weighted by atomic mass is 9.99. The summed E-state index contributed by atoms with van der Waals surface area (Å²) in [5.74, 6) is -0.0615. The van der Waals surface area contributed by atoms with E-state index in [2.05, 4.69) is 10.4 Å². The first kappa shape index (κ1) is 16.3. The summed E-state index contributed by atoms with van der Waals surface area (Å²) in [6.45, 7) is 5.51. The van der Waals surface area contributed by atoms with E-state index >= 15 is 0 Å². The fourth-order valence-corrected chi connectivity index (χ4v) is 2.73. The highest BCUT2D eigenvalue weighted by atomic mass is 16.3. The monoisotopic (exact) mass is 327 g/mol. The molecule has 0 aliphatic rings. The highest BCUT2D eigenvalue weighted by Crippen LogP contribution is 2.28. The predicted molar refractivity (Wildman–Crippen MR) is 90.8 cm³/mol. The van der Waals surface area contributed by atoms with Crippen LogP contribution in [0.2, 0.25) is 0 Å². The molecule has 1 unspecified atom stereocenters. The van der Waals surface area contributed by atoms with Crippen LogP contribution in [-0.2, 0) is 12.6 Å². The first-order valence-electron chi connectivity index (χ1n) is 7.78. The second-order valence-corrected chi connectivity index (χ2v) is 6.37. The van der Waals surface area contributed by atoms with Crippen LogP contribution in [0.5, 0.6) is 0 Å². The van der Waals surface area contributed by atoms with E-state index in [-0.39, 0.29) is 18.2 Å². The molecular weight excluding hydrogens is 306 g/mol. The Hall–Kier alpha value is -2.60. The average molecular weight is 327 g/mol. The molecule has 0 aliphatic heterocycles. The Bertz CT molecular complexity index is 906. The smallest absolute Gasteiger partial charge is 0.287 e. The lowest BCUT2D eigenvalue weighted by Gasteiger charge is -2.22. The molecule has 0 fully saturated rings. The summed E-state index contributed by atoms with van der Waals surface area (Å²) in [4.78, 5) is 12.5. The van der Waals surface area contributed by atoms with E-state index in [1.54, 1.807) is 31.0 Å². The number of rotatable bonds is 4. The van der Waals surface area contributed by atoms with Crippen LogP contribution in [0.3, 0.4) is 0 Å². The van der Waals surface area contributed by atoms with Crippen molar-refractivity contribution in [1.29, 1.82) is 0 Å². The van der Waals surface area contributed by atoms with Crippen LogP contribution in [-0.4, -0.2) is 27.3 Å². The SMILES string of the molecule is Cc1c(C(=O)NCC(C)(O)c2cnn(C)c2)oc2c(C)cccc12. The number of fused-ring (bicyclic) bond motifs is 1. The number of aryl methyl sites for hydroxylation is 3. The molecule has 3 rings (SSSR count). The van der Waals surface area contributed by atoms with Gasteiger partial charge in [-0.1, -0.05) is 18.2 Å². The lowest BCUT2D eigenvalue weighted by Crippen LogP contribution is -2.38. The molecule has 6 heteroatoms. The highest BCUT2D eigenvalue weighted by Gasteiger charge is 2.27. The number of furan rings is 1. The summed E-state index contributed by atoms with van der Waals surface area (Å²) in [7, 11) is 1.78. The molecule has 0 spiro atoms. The van der Waals surface area contributed by atoms with E-state index in [0.717, 1.165) is 22.1 Å². The van der Waals surface area contributed by atoms with Crippen molar-refractivity contribution in [2.24, 2.45) is 7.05 Å². The first-order chi connectivity index (χ1) is 11.3. The Morgan fingerprint density at radius 3 is 2.79 bits per heavy atom. The van der Waals surface area contributed by atoms with E-state index in [1.807, 2.05) is 32.0 Å². The number of hydrogen-bond donors (Lipinski definition) is 2. The van der Waals surface area contributed by atoms with Crippen molar-refractivity contribution in [2.75, 3.05) is 6.54 Å². The van der Waals surface area contributed by atoms with Gasteiger partial charge in [-0.3, -0.25) is 9.48 Å². The number of benzene rings is 1. The Kier molecular flexibility index (Phi) is 3.93. The molecule has 2 heterocycles. The van der Waals surface area contributed by atoms with Gasteiger partial charge in [0.05, 0.1) is 12.7 Å². The number of carbonyl (C=O) groups excluding carboxylic acids is 1. The number of para-hydroxylation sites is 1. The normalized spacial score (nSPS) is 13.9. The molecular formula is C18H21N3O3. The topological polar surface area (TPSA) is 80.3 Å². The quantitative estimate of drug-likeness (QED) is 0.771. The second-order valence-electron chi connectivity index (χ2n) is 6.37. The molecule has 0 saturated carbocycles. The predicted octanol–water partition coefficient (Wildman–Crippen LogP) is 2.42. The van der Waals surface area contributed by atoms with E-state index in [4.69, 9.17) is 4.42 Å². The third-order valence-electron chi connectivity index (χ3n) is 4.29. The van der Waals surface area contributed by atoms with Crippen LogP contribution in [0, 0.1) is 13.8 Å². The summed E-state index contributed by atoms with van der Waals surface area (Å²) in [5, 5.41) is 18.3. The van der Waals surface area contributed by atoms with Crippen molar-refractivity contribution in [3.05, 3.63) is 53.0 Å². The molecule has 1 aromatic carbocycles. The highest BCUT2D eigenvalue weighted by molar-refractivity contribution is 5.99. The van der Waals surface area contributed by atoms with E-state index in [0.29, 0.717) is 5.56 Å². The number of hydrogen-bond acceptors (Lipinski definition) is 4. The Morgan fingerprint density at radius 2 is 2.17 bits per heavy atom. The van der Waals surface area contributed by atoms with Crippen LogP contribution in [0.15, 0.2) is 35.0 Å². The first-order valence-corrected chi connectivity index (χ1v) is 7.78. The minimum Gasteiger partial charge on any atom is -0.450 e. The van der Waals surface area contributed by atoms with Crippen LogP contribution < -0.4 is 5.32 Å². The summed E-state index contributed by atoms with van der Waals surface area (Å²) < 4.78 is 7.37. The van der Waals surface area contributed by atoms with Crippen molar-refractivity contribution in [2.45, 2.75) is 26.4 Å². The maximum atomic E-state index is 12.5. The number of aliphatic hydroxyl groups is 1. The Morgan fingerprint density at radius 1 is 1.42 bits per heavy atom. The third-order valence-corrected chi connectivity index (χ3v) is 4.29. The van der Waals surface area contributed by atoms with Crippen LogP contribution in [0.25, 0.3) is 11.0 Å². The molecule has 0 saturated heterocycles. The van der Waals surface area contributed by atoms with Gasteiger partial charge in [0, 0.05) is 29.8 Å². The zero-order chi connectivity index (χ0) is 17.5. The number of nitrogens with one attached hydrogen (secondary N) is 1. The Balaban J connectivity index is 1.80. The van der Waals surface area contributed by atoms with Gasteiger partial charge in [0.15, 0.2) is 5.76 Å². The van der Waals surface area contributed by atoms with Gasteiger partial charge in [0.1, 0.15) is 11.2 Å². The van der Waals surface area contributed by atoms with Crippen LogP contribution in [0.4, 0.5) is 0 Å². The van der Waals surface area contributed by atoms with Gasteiger partial charge in [0.2, 0.25) is 0 Å². The van der Waals surface area contributed by atoms with Gasteiger partial charge in [-0.05, 0) is 26.3 Å². The van der Waals surface area contributed by atoms with Crippen molar-refractivity contribution in [3.8, 4) is 0 Å². The zero-order valence-corrected chi connectivity index (χ0v) is 14.3. The van der Waals surface area contributed by atoms with Crippen LogP contribution in [0.1, 0.15) is 34.2 Å². The summed E-state index contributed by atoms with van der Waals surface area (Å²) in [5.41, 5.74) is 1.94. The third kappa shape index (κ3) is 2.80. The number of carbonyl (C=O) groups is 1. The fourth-order valence-electron chi connectivity index (χ4n) is 2.73. The van der Waals surface area contributed by atoms with Crippen molar-refractivity contribution in [1.82, 2.24) is 15.1 Å². The minimum atomic E-state index is -1.21. The molecule has 1 atom stereocenters. The van der Waals surface area contributed by atoms with Gasteiger partial charge in [-0.2, -0.15) is 5.10 Å². The van der Waals surface area contributed by atoms with Gasteiger partial charge >= 0.3 is 0 Å². The average Bonchev–Trinajstić information content (AvgIpc) is 3.11. The zero-order valence-electron chi connectivity index (χ0n) is 14.3. The number of amides is 1. The molecule has 126 valence electrons. The lowest BCUT2D eigenvalue weighted by molar-refractivity contribution is 0.0518. The maximum absolute atomic E-state index is 12.5. The molecule has 0 radical (unpaired) electrons. The molecule has 24 heavy (non-hydrogen) atoms. The Labute approximate surface area is 140 Å². The van der Waals surface area contributed by atoms with Crippen molar-refractivity contribution in [3.63, 3.8) is 0 Å². The summed E-state index contributed by atoms with van der Waals surface area (Å²) >= 11 is 0. The molecule has 0 bridgehead atoms. The molecule has 6 nitrogen and oxygen atoms in total.